The van der Waals surface area contributed by atoms with E-state index in [1.807, 2.05) is 79.7 Å². The Kier molecular flexibility index (Phi) is 17.6. The van der Waals surface area contributed by atoms with Crippen LogP contribution in [0.3, 0.4) is 0 Å². The number of anilines is 5. The highest BCUT2D eigenvalue weighted by atomic mass is 35.5. The summed E-state index contributed by atoms with van der Waals surface area (Å²) in [4.78, 5) is 11.5. The zero-order valence-electron chi connectivity index (χ0n) is 36.4. The van der Waals surface area contributed by atoms with E-state index in [0.717, 1.165) is 77.4 Å². The SMILES string of the molecule is Cc1ccc(CCc2ccccc2)cc1N.Cc1ccc(CCc2ccccc2)cc1Nc1cccc(Cl)c1.O=C(O)c1ccc(CCc2ccccc2)cc1Nc1cccc(Cl)c1. The minimum absolute atomic E-state index is 0.239. The minimum atomic E-state index is -0.959. The quantitative estimate of drug-likeness (QED) is 0.0817. The number of rotatable bonds is 14. The third-order valence-corrected chi connectivity index (χ3v) is 11.3. The number of nitrogens with one attached hydrogen (secondary N) is 2. The van der Waals surface area contributed by atoms with Crippen LogP contribution in [0.1, 0.15) is 54.9 Å². The van der Waals surface area contributed by atoms with Crippen molar-refractivity contribution in [3.63, 3.8) is 0 Å². The Balaban J connectivity index is 0.000000163. The fraction of sp³-hybridized carbons (Fsp3) is 0.140. The summed E-state index contributed by atoms with van der Waals surface area (Å²) < 4.78 is 0. The van der Waals surface area contributed by atoms with Crippen LogP contribution in [0.2, 0.25) is 10.0 Å². The maximum absolute atomic E-state index is 11.5. The molecule has 5 N–H and O–H groups in total. The van der Waals surface area contributed by atoms with Gasteiger partial charge in [-0.1, -0.05) is 157 Å². The van der Waals surface area contributed by atoms with Crippen LogP contribution in [-0.4, -0.2) is 11.1 Å². The van der Waals surface area contributed by atoms with Gasteiger partial charge in [0.15, 0.2) is 0 Å². The molecule has 0 saturated heterocycles. The molecule has 0 fully saturated rings. The first-order valence-electron chi connectivity index (χ1n) is 21.6. The van der Waals surface area contributed by atoms with E-state index in [9.17, 15) is 9.90 Å². The Morgan fingerprint density at radius 3 is 1.27 bits per heavy atom. The molecule has 0 atom stereocenters. The molecule has 0 aliphatic rings. The highest BCUT2D eigenvalue weighted by molar-refractivity contribution is 6.31. The predicted octanol–water partition coefficient (Wildman–Crippen LogP) is 15.1. The molecule has 8 aromatic carbocycles. The van der Waals surface area contributed by atoms with Gasteiger partial charge < -0.3 is 21.5 Å². The number of nitrogen functional groups attached to an aromatic ring is 1. The molecule has 0 spiro atoms. The Labute approximate surface area is 388 Å². The van der Waals surface area contributed by atoms with E-state index in [1.54, 1.807) is 18.2 Å². The summed E-state index contributed by atoms with van der Waals surface area (Å²) in [5, 5.41) is 17.4. The molecular formula is C57H55Cl2N3O2. The summed E-state index contributed by atoms with van der Waals surface area (Å²) in [6, 6.07) is 64.8. The van der Waals surface area contributed by atoms with Gasteiger partial charge in [0.2, 0.25) is 0 Å². The minimum Gasteiger partial charge on any atom is -0.478 e. The number of carbonyl (C=O) groups is 1. The van der Waals surface area contributed by atoms with Gasteiger partial charge in [0, 0.05) is 32.8 Å². The molecule has 8 aromatic rings. The molecule has 7 heteroatoms. The van der Waals surface area contributed by atoms with Gasteiger partial charge in [0.1, 0.15) is 0 Å². The highest BCUT2D eigenvalue weighted by Gasteiger charge is 2.12. The maximum atomic E-state index is 11.5. The fourth-order valence-corrected chi connectivity index (χ4v) is 7.47. The van der Waals surface area contributed by atoms with Crippen molar-refractivity contribution in [1.29, 1.82) is 0 Å². The van der Waals surface area contributed by atoms with Crippen LogP contribution < -0.4 is 16.4 Å². The first kappa shape index (κ1) is 46.7. The lowest BCUT2D eigenvalue weighted by atomic mass is 10.0. The average Bonchev–Trinajstić information content (AvgIpc) is 3.30. The molecule has 0 aliphatic heterocycles. The summed E-state index contributed by atoms with van der Waals surface area (Å²) in [5.41, 5.74) is 20.6. The molecule has 0 bridgehead atoms. The number of carboxylic acids is 1. The van der Waals surface area contributed by atoms with Crippen molar-refractivity contribution in [2.45, 2.75) is 52.4 Å². The first-order valence-corrected chi connectivity index (χ1v) is 22.3. The van der Waals surface area contributed by atoms with Gasteiger partial charge in [-0.2, -0.15) is 0 Å². The number of benzene rings is 8. The summed E-state index contributed by atoms with van der Waals surface area (Å²) in [6.45, 7) is 4.16. The fourth-order valence-electron chi connectivity index (χ4n) is 7.09. The van der Waals surface area contributed by atoms with Gasteiger partial charge in [-0.3, -0.25) is 0 Å². The van der Waals surface area contributed by atoms with Crippen LogP contribution in [0.5, 0.6) is 0 Å². The number of carboxylic acid groups (broad SMARTS) is 1. The van der Waals surface area contributed by atoms with Crippen molar-refractivity contribution in [3.05, 3.63) is 254 Å². The van der Waals surface area contributed by atoms with E-state index in [2.05, 4.69) is 121 Å². The predicted molar refractivity (Wildman–Crippen MR) is 271 cm³/mol. The van der Waals surface area contributed by atoms with Gasteiger partial charge in [0.25, 0.3) is 0 Å². The van der Waals surface area contributed by atoms with Gasteiger partial charge >= 0.3 is 5.97 Å². The van der Waals surface area contributed by atoms with Gasteiger partial charge in [-0.05, 0) is 158 Å². The third-order valence-electron chi connectivity index (χ3n) is 10.8. The van der Waals surface area contributed by atoms with E-state index in [-0.39, 0.29) is 5.56 Å². The molecule has 0 heterocycles. The van der Waals surface area contributed by atoms with Crippen molar-refractivity contribution in [2.75, 3.05) is 16.4 Å². The Morgan fingerprint density at radius 2 is 0.828 bits per heavy atom. The number of aryl methyl sites for hydroxylation is 8. The Bertz CT molecular complexity index is 2710. The second-order valence-corrected chi connectivity index (χ2v) is 16.6. The summed E-state index contributed by atoms with van der Waals surface area (Å²) in [6.07, 6.45) is 5.96. The van der Waals surface area contributed by atoms with Crippen LogP contribution in [0.15, 0.2) is 194 Å². The van der Waals surface area contributed by atoms with Crippen LogP contribution >= 0.6 is 23.2 Å². The van der Waals surface area contributed by atoms with Gasteiger partial charge in [-0.25, -0.2) is 4.79 Å². The first-order chi connectivity index (χ1) is 31.1. The van der Waals surface area contributed by atoms with Crippen LogP contribution in [0, 0.1) is 13.8 Å². The lowest BCUT2D eigenvalue weighted by molar-refractivity contribution is 0.0698. The number of aromatic carboxylic acids is 1. The molecule has 64 heavy (non-hydrogen) atoms. The summed E-state index contributed by atoms with van der Waals surface area (Å²) in [5.74, 6) is -0.959. The van der Waals surface area contributed by atoms with E-state index < -0.39 is 5.97 Å². The largest absolute Gasteiger partial charge is 0.478 e. The topological polar surface area (TPSA) is 87.4 Å². The molecule has 0 unspecified atom stereocenters. The lowest BCUT2D eigenvalue weighted by Crippen LogP contribution is -2.04. The van der Waals surface area contributed by atoms with Crippen molar-refractivity contribution in [3.8, 4) is 0 Å². The van der Waals surface area contributed by atoms with E-state index in [1.165, 1.54) is 33.4 Å². The van der Waals surface area contributed by atoms with E-state index in [4.69, 9.17) is 28.9 Å². The smallest absolute Gasteiger partial charge is 0.337 e. The average molecular weight is 885 g/mol. The van der Waals surface area contributed by atoms with Crippen LogP contribution in [-0.2, 0) is 38.5 Å². The van der Waals surface area contributed by atoms with Crippen LogP contribution in [0.25, 0.3) is 0 Å². The van der Waals surface area contributed by atoms with E-state index in [0.29, 0.717) is 10.7 Å². The third kappa shape index (κ3) is 15.2. The molecule has 8 rings (SSSR count). The number of nitrogens with two attached hydrogens (primary N) is 1. The van der Waals surface area contributed by atoms with Gasteiger partial charge in [0.05, 0.1) is 11.3 Å². The zero-order valence-corrected chi connectivity index (χ0v) is 37.9. The van der Waals surface area contributed by atoms with Gasteiger partial charge in [-0.15, -0.1) is 0 Å². The summed E-state index contributed by atoms with van der Waals surface area (Å²) >= 11 is 12.1. The van der Waals surface area contributed by atoms with E-state index >= 15 is 0 Å². The Hall–Kier alpha value is -6.79. The molecule has 0 aromatic heterocycles. The second kappa shape index (κ2) is 24.2. The molecule has 324 valence electrons. The molecule has 0 saturated carbocycles. The monoisotopic (exact) mass is 883 g/mol. The molecule has 5 nitrogen and oxygen atoms in total. The van der Waals surface area contributed by atoms with Crippen molar-refractivity contribution in [1.82, 2.24) is 0 Å². The lowest BCUT2D eigenvalue weighted by Gasteiger charge is -2.12. The summed E-state index contributed by atoms with van der Waals surface area (Å²) in [7, 11) is 0. The molecule has 0 radical (unpaired) electrons. The standard InChI is InChI=1S/C21H18ClNO2.C21H20ClN.C15H17N/c22-17-7-4-8-18(14-17)23-20-13-16(11-12-19(20)21(24)25)10-9-15-5-2-1-3-6-15;1-16-10-11-18(13-12-17-6-3-2-4-7-17)14-21(16)23-20-9-5-8-19(22)15-20;1-12-7-8-14(11-15(12)16)10-9-13-5-3-2-4-6-13/h1-8,11-14,23H,9-10H2,(H,24,25);2-11,14-15,23H,12-13H2,1H3;2-8,11H,9-10,16H2,1H3. The van der Waals surface area contributed by atoms with Crippen molar-refractivity contribution < 1.29 is 9.90 Å². The molecule has 0 aliphatic carbocycles. The van der Waals surface area contributed by atoms with Crippen molar-refractivity contribution in [2.24, 2.45) is 0 Å². The number of halogens is 2. The van der Waals surface area contributed by atoms with Crippen LogP contribution in [0.4, 0.5) is 28.4 Å². The number of hydrogen-bond acceptors (Lipinski definition) is 4. The highest BCUT2D eigenvalue weighted by Crippen LogP contribution is 2.27. The maximum Gasteiger partial charge on any atom is 0.337 e. The number of hydrogen-bond donors (Lipinski definition) is 4. The molecule has 0 amide bonds. The van der Waals surface area contributed by atoms with Crippen molar-refractivity contribution >= 4 is 57.6 Å². The zero-order chi connectivity index (χ0) is 45.1. The molecular weight excluding hydrogens is 830 g/mol. The second-order valence-electron chi connectivity index (χ2n) is 15.8. The normalized spacial score (nSPS) is 10.4. The Morgan fingerprint density at radius 1 is 0.438 bits per heavy atom.